The Morgan fingerprint density at radius 2 is 2.10 bits per heavy atom. The lowest BCUT2D eigenvalue weighted by Gasteiger charge is -2.11. The standard InChI is InChI=1S/C4H6F3NO2/c5-2-4(6,7)8-3(10)1-9/h9H,1-2H2,(H,8,10). The highest BCUT2D eigenvalue weighted by atomic mass is 19.3. The van der Waals surface area contributed by atoms with Crippen molar-refractivity contribution in [2.45, 2.75) is 6.05 Å². The third kappa shape index (κ3) is 3.29. The first kappa shape index (κ1) is 9.22. The topological polar surface area (TPSA) is 49.3 Å². The summed E-state index contributed by atoms with van der Waals surface area (Å²) in [6, 6.07) is -3.86. The predicted octanol–water partition coefficient (Wildman–Crippen LogP) is -0.343. The Labute approximate surface area is 54.8 Å². The molecule has 0 heterocycles. The van der Waals surface area contributed by atoms with Crippen molar-refractivity contribution < 1.29 is 23.1 Å². The first-order valence-corrected chi connectivity index (χ1v) is 2.37. The van der Waals surface area contributed by atoms with Gasteiger partial charge in [0.1, 0.15) is 6.61 Å². The van der Waals surface area contributed by atoms with Crippen LogP contribution in [0.3, 0.4) is 0 Å². The van der Waals surface area contributed by atoms with Crippen molar-refractivity contribution in [3.05, 3.63) is 0 Å². The zero-order valence-corrected chi connectivity index (χ0v) is 4.90. The smallest absolute Gasteiger partial charge is 0.353 e. The van der Waals surface area contributed by atoms with Crippen molar-refractivity contribution >= 4 is 5.91 Å². The summed E-state index contributed by atoms with van der Waals surface area (Å²) < 4.78 is 34.8. The van der Waals surface area contributed by atoms with Crippen LogP contribution < -0.4 is 5.32 Å². The number of amides is 1. The van der Waals surface area contributed by atoms with Crippen molar-refractivity contribution in [3.63, 3.8) is 0 Å². The van der Waals surface area contributed by atoms with Crippen LogP contribution in [0.2, 0.25) is 0 Å². The summed E-state index contributed by atoms with van der Waals surface area (Å²) in [5, 5.41) is 8.88. The molecule has 0 aromatic carbocycles. The minimum Gasteiger partial charge on any atom is -0.387 e. The summed E-state index contributed by atoms with van der Waals surface area (Å²) in [6.07, 6.45) is 0. The fourth-order valence-electron chi connectivity index (χ4n) is 0.277. The zero-order chi connectivity index (χ0) is 8.20. The number of carbonyl (C=O) groups is 1. The lowest BCUT2D eigenvalue weighted by atomic mass is 10.5. The summed E-state index contributed by atoms with van der Waals surface area (Å²) in [4.78, 5) is 9.98. The van der Waals surface area contributed by atoms with E-state index in [1.807, 2.05) is 0 Å². The minimum atomic E-state index is -3.86. The molecule has 0 rings (SSSR count). The van der Waals surface area contributed by atoms with Crippen molar-refractivity contribution in [3.8, 4) is 0 Å². The van der Waals surface area contributed by atoms with E-state index < -0.39 is 25.2 Å². The Bertz CT molecular complexity index is 128. The molecular formula is C4H6F3NO2. The van der Waals surface area contributed by atoms with Crippen LogP contribution in [-0.2, 0) is 4.79 Å². The van der Waals surface area contributed by atoms with Crippen molar-refractivity contribution in [1.29, 1.82) is 0 Å². The van der Waals surface area contributed by atoms with Gasteiger partial charge in [0.15, 0.2) is 6.67 Å². The number of hydrogen-bond acceptors (Lipinski definition) is 2. The highest BCUT2D eigenvalue weighted by molar-refractivity contribution is 5.77. The van der Waals surface area contributed by atoms with E-state index in [1.54, 1.807) is 0 Å². The molecule has 3 nitrogen and oxygen atoms in total. The molecule has 0 spiro atoms. The molecule has 0 atom stereocenters. The molecule has 0 bridgehead atoms. The Balaban J connectivity index is 3.76. The van der Waals surface area contributed by atoms with Crippen LogP contribution in [0.15, 0.2) is 0 Å². The maximum absolute atomic E-state index is 11.8. The van der Waals surface area contributed by atoms with Crippen LogP contribution in [0.4, 0.5) is 13.2 Å². The molecule has 6 heteroatoms. The van der Waals surface area contributed by atoms with E-state index in [-0.39, 0.29) is 0 Å². The normalized spacial score (nSPS) is 11.2. The average Bonchev–Trinajstić information content (AvgIpc) is 1.87. The number of carbonyl (C=O) groups excluding carboxylic acids is 1. The SMILES string of the molecule is O=C(CO)NC(F)(F)CF. The fraction of sp³-hybridized carbons (Fsp3) is 0.750. The molecule has 0 aliphatic carbocycles. The molecule has 0 aromatic rings. The number of alkyl halides is 3. The Morgan fingerprint density at radius 3 is 2.40 bits per heavy atom. The van der Waals surface area contributed by atoms with Crippen LogP contribution in [0.1, 0.15) is 0 Å². The molecular weight excluding hydrogens is 151 g/mol. The number of aliphatic hydroxyl groups excluding tert-OH is 1. The molecule has 0 saturated heterocycles. The third-order valence-corrected chi connectivity index (χ3v) is 0.634. The van der Waals surface area contributed by atoms with E-state index in [1.165, 1.54) is 0 Å². The van der Waals surface area contributed by atoms with E-state index >= 15 is 0 Å². The van der Waals surface area contributed by atoms with Gasteiger partial charge < -0.3 is 5.11 Å². The predicted molar refractivity (Wildman–Crippen MR) is 26.2 cm³/mol. The van der Waals surface area contributed by atoms with E-state index in [0.29, 0.717) is 0 Å². The Kier molecular flexibility index (Phi) is 3.14. The van der Waals surface area contributed by atoms with E-state index in [2.05, 4.69) is 0 Å². The Morgan fingerprint density at radius 1 is 1.60 bits per heavy atom. The van der Waals surface area contributed by atoms with E-state index in [0.717, 1.165) is 5.32 Å². The number of aliphatic hydroxyl groups is 1. The van der Waals surface area contributed by atoms with Gasteiger partial charge in [0, 0.05) is 0 Å². The highest BCUT2D eigenvalue weighted by Gasteiger charge is 2.30. The van der Waals surface area contributed by atoms with E-state index in [4.69, 9.17) is 5.11 Å². The zero-order valence-electron chi connectivity index (χ0n) is 4.90. The van der Waals surface area contributed by atoms with Gasteiger partial charge in [-0.2, -0.15) is 8.78 Å². The highest BCUT2D eigenvalue weighted by Crippen LogP contribution is 2.07. The monoisotopic (exact) mass is 157 g/mol. The van der Waals surface area contributed by atoms with Gasteiger partial charge in [-0.1, -0.05) is 0 Å². The number of nitrogens with one attached hydrogen (secondary N) is 1. The molecule has 0 radical (unpaired) electrons. The van der Waals surface area contributed by atoms with Crippen molar-refractivity contribution in [2.24, 2.45) is 0 Å². The Hall–Kier alpha value is -0.780. The largest absolute Gasteiger partial charge is 0.387 e. The van der Waals surface area contributed by atoms with Crippen LogP contribution in [0.25, 0.3) is 0 Å². The average molecular weight is 157 g/mol. The molecule has 0 aliphatic heterocycles. The van der Waals surface area contributed by atoms with Gasteiger partial charge in [0.2, 0.25) is 5.91 Å². The van der Waals surface area contributed by atoms with Crippen molar-refractivity contribution in [2.75, 3.05) is 13.3 Å². The van der Waals surface area contributed by atoms with Crippen LogP contribution >= 0.6 is 0 Å². The summed E-state index contributed by atoms with van der Waals surface area (Å²) in [5.41, 5.74) is 0. The number of rotatable bonds is 3. The quantitative estimate of drug-likeness (QED) is 0.550. The molecule has 1 amide bonds. The molecule has 0 aromatic heterocycles. The number of halogens is 3. The molecule has 0 saturated carbocycles. The van der Waals surface area contributed by atoms with Gasteiger partial charge in [0.05, 0.1) is 0 Å². The minimum absolute atomic E-state index is 0.958. The third-order valence-electron chi connectivity index (χ3n) is 0.634. The van der Waals surface area contributed by atoms with Gasteiger partial charge in [-0.3, -0.25) is 10.1 Å². The second-order valence-electron chi connectivity index (χ2n) is 1.54. The van der Waals surface area contributed by atoms with Gasteiger partial charge in [-0.25, -0.2) is 4.39 Å². The van der Waals surface area contributed by atoms with Gasteiger partial charge in [-0.15, -0.1) is 0 Å². The van der Waals surface area contributed by atoms with Gasteiger partial charge >= 0.3 is 6.05 Å². The molecule has 60 valence electrons. The molecule has 0 fully saturated rings. The second-order valence-corrected chi connectivity index (χ2v) is 1.54. The molecule has 0 unspecified atom stereocenters. The number of hydrogen-bond donors (Lipinski definition) is 2. The van der Waals surface area contributed by atoms with Crippen LogP contribution in [0, 0.1) is 0 Å². The first-order chi connectivity index (χ1) is 4.52. The van der Waals surface area contributed by atoms with E-state index in [9.17, 15) is 18.0 Å². The summed E-state index contributed by atoms with van der Waals surface area (Å²) in [7, 11) is 0. The fourth-order valence-corrected chi connectivity index (χ4v) is 0.277. The summed E-state index contributed by atoms with van der Waals surface area (Å²) in [6.45, 7) is -3.05. The summed E-state index contributed by atoms with van der Waals surface area (Å²) >= 11 is 0. The molecule has 0 aliphatic rings. The first-order valence-electron chi connectivity index (χ1n) is 2.37. The van der Waals surface area contributed by atoms with Crippen molar-refractivity contribution in [1.82, 2.24) is 5.32 Å². The van der Waals surface area contributed by atoms with Crippen LogP contribution in [-0.4, -0.2) is 30.3 Å². The summed E-state index contributed by atoms with van der Waals surface area (Å²) in [5.74, 6) is -1.30. The molecule has 10 heavy (non-hydrogen) atoms. The molecule has 2 N–H and O–H groups in total. The second kappa shape index (κ2) is 3.40. The van der Waals surface area contributed by atoms with Crippen LogP contribution in [0.5, 0.6) is 0 Å². The lowest BCUT2D eigenvalue weighted by molar-refractivity contribution is -0.137. The van der Waals surface area contributed by atoms with Gasteiger partial charge in [0.25, 0.3) is 0 Å². The maximum Gasteiger partial charge on any atom is 0.353 e. The maximum atomic E-state index is 11.8. The lowest BCUT2D eigenvalue weighted by Crippen LogP contribution is -2.44. The van der Waals surface area contributed by atoms with Gasteiger partial charge in [-0.05, 0) is 0 Å².